The van der Waals surface area contributed by atoms with Gasteiger partial charge >= 0.3 is 12.1 Å². The topological polar surface area (TPSA) is 85.2 Å². The number of rotatable bonds is 7. The third-order valence-electron chi connectivity index (χ3n) is 3.33. The van der Waals surface area contributed by atoms with Gasteiger partial charge in [-0.2, -0.15) is 4.99 Å². The number of esters is 1. The number of aliphatic hydroxyl groups is 1. The highest BCUT2D eigenvalue weighted by Gasteiger charge is 2.27. The number of carbonyl (C=O) groups excluding carboxylic acids is 2. The second-order valence-electron chi connectivity index (χ2n) is 4.98. The summed E-state index contributed by atoms with van der Waals surface area (Å²) in [7, 11) is 0. The Morgan fingerprint density at radius 3 is 2.39 bits per heavy atom. The van der Waals surface area contributed by atoms with Crippen molar-refractivity contribution in [2.24, 2.45) is 10.9 Å². The molecule has 0 aliphatic rings. The molecule has 126 valence electrons. The van der Waals surface area contributed by atoms with Crippen molar-refractivity contribution >= 4 is 17.8 Å². The number of aliphatic imine (C=N–C) groups is 1. The molecule has 0 bridgehead atoms. The molecule has 1 aromatic rings. The summed E-state index contributed by atoms with van der Waals surface area (Å²) in [6.07, 6.45) is -1.68. The molecular weight excluding hydrogens is 298 g/mol. The lowest BCUT2D eigenvalue weighted by atomic mass is 9.97. The molecule has 2 atom stereocenters. The van der Waals surface area contributed by atoms with Crippen molar-refractivity contribution in [2.45, 2.75) is 39.9 Å². The second-order valence-corrected chi connectivity index (χ2v) is 4.98. The number of benzene rings is 1. The normalized spacial score (nSPS) is 14.0. The summed E-state index contributed by atoms with van der Waals surface area (Å²) in [4.78, 5) is 27.2. The highest BCUT2D eigenvalue weighted by molar-refractivity contribution is 5.97. The summed E-state index contributed by atoms with van der Waals surface area (Å²) in [6.45, 7) is 5.37. The number of ether oxygens (including phenoxy) is 2. The fourth-order valence-electron chi connectivity index (χ4n) is 1.99. The molecule has 0 saturated carbocycles. The molecule has 0 unspecified atom stereocenters. The van der Waals surface area contributed by atoms with Crippen LogP contribution in [0.1, 0.15) is 32.8 Å². The van der Waals surface area contributed by atoms with Crippen molar-refractivity contribution in [3.63, 3.8) is 0 Å². The molecule has 0 fully saturated rings. The molecule has 1 amide bonds. The third-order valence-corrected chi connectivity index (χ3v) is 3.33. The molecule has 0 heterocycles. The van der Waals surface area contributed by atoms with Crippen molar-refractivity contribution < 1.29 is 24.2 Å². The lowest BCUT2D eigenvalue weighted by molar-refractivity contribution is -0.154. The van der Waals surface area contributed by atoms with Gasteiger partial charge in [0, 0.05) is 11.6 Å². The van der Waals surface area contributed by atoms with Crippen molar-refractivity contribution in [3.8, 4) is 0 Å². The van der Waals surface area contributed by atoms with Gasteiger partial charge in [0.1, 0.15) is 6.61 Å². The fourth-order valence-corrected chi connectivity index (χ4v) is 1.99. The smallest absolute Gasteiger partial charge is 0.433 e. The van der Waals surface area contributed by atoms with E-state index >= 15 is 0 Å². The Balaban J connectivity index is 2.65. The molecule has 6 heteroatoms. The van der Waals surface area contributed by atoms with E-state index in [1.54, 1.807) is 20.8 Å². The Kier molecular flexibility index (Phi) is 7.97. The van der Waals surface area contributed by atoms with E-state index in [-0.39, 0.29) is 13.2 Å². The van der Waals surface area contributed by atoms with Crippen LogP contribution in [0.25, 0.3) is 0 Å². The van der Waals surface area contributed by atoms with Gasteiger partial charge in [0.2, 0.25) is 0 Å². The minimum atomic E-state index is -1.35. The third kappa shape index (κ3) is 6.20. The molecular formula is C17H23NO5. The quantitative estimate of drug-likeness (QED) is 0.616. The van der Waals surface area contributed by atoms with E-state index in [9.17, 15) is 14.7 Å². The molecule has 1 aromatic carbocycles. The first kappa shape index (κ1) is 18.8. The van der Waals surface area contributed by atoms with Crippen LogP contribution in [0.5, 0.6) is 0 Å². The zero-order chi connectivity index (χ0) is 17.2. The summed E-state index contributed by atoms with van der Waals surface area (Å²) < 4.78 is 9.84. The van der Waals surface area contributed by atoms with Crippen LogP contribution in [0.2, 0.25) is 0 Å². The largest absolute Gasteiger partial charge is 0.464 e. The Labute approximate surface area is 136 Å². The zero-order valence-corrected chi connectivity index (χ0v) is 13.7. The predicted octanol–water partition coefficient (Wildman–Crippen LogP) is 2.73. The zero-order valence-electron chi connectivity index (χ0n) is 13.7. The first-order chi connectivity index (χ1) is 11.0. The van der Waals surface area contributed by atoms with Crippen LogP contribution in [0.15, 0.2) is 35.3 Å². The van der Waals surface area contributed by atoms with E-state index in [2.05, 4.69) is 4.99 Å². The lowest BCUT2D eigenvalue weighted by Crippen LogP contribution is -2.34. The SMILES string of the molecule is CCOC(=O)[C@@H](O)[C@@H](C)/C(CC)=N/C(=O)OCc1ccccc1. The van der Waals surface area contributed by atoms with Gasteiger partial charge in [-0.25, -0.2) is 9.59 Å². The van der Waals surface area contributed by atoms with E-state index in [4.69, 9.17) is 9.47 Å². The lowest BCUT2D eigenvalue weighted by Gasteiger charge is -2.18. The van der Waals surface area contributed by atoms with E-state index in [0.717, 1.165) is 5.56 Å². The first-order valence-corrected chi connectivity index (χ1v) is 7.62. The van der Waals surface area contributed by atoms with Crippen LogP contribution < -0.4 is 0 Å². The van der Waals surface area contributed by atoms with Crippen LogP contribution >= 0.6 is 0 Å². The molecule has 0 aliphatic carbocycles. The van der Waals surface area contributed by atoms with E-state index in [1.165, 1.54) is 0 Å². The monoisotopic (exact) mass is 321 g/mol. The number of carbonyl (C=O) groups is 2. The van der Waals surface area contributed by atoms with Crippen molar-refractivity contribution in [1.82, 2.24) is 0 Å². The molecule has 6 nitrogen and oxygen atoms in total. The number of nitrogens with zero attached hydrogens (tertiary/aromatic N) is 1. The van der Waals surface area contributed by atoms with E-state index < -0.39 is 24.1 Å². The summed E-state index contributed by atoms with van der Waals surface area (Å²) in [5.41, 5.74) is 1.25. The van der Waals surface area contributed by atoms with Crippen LogP contribution in [-0.2, 0) is 20.9 Å². The van der Waals surface area contributed by atoms with Crippen LogP contribution in [0.4, 0.5) is 4.79 Å². The summed E-state index contributed by atoms with van der Waals surface area (Å²) >= 11 is 0. The van der Waals surface area contributed by atoms with Gasteiger partial charge in [0.05, 0.1) is 6.61 Å². The standard InChI is InChI=1S/C17H23NO5/c1-4-14(12(3)15(19)16(20)22-5-2)18-17(21)23-11-13-9-7-6-8-10-13/h6-10,12,15,19H,4-5,11H2,1-3H3/b18-14+/t12-,15-/m0/s1. The number of aliphatic hydroxyl groups excluding tert-OH is 1. The summed E-state index contributed by atoms with van der Waals surface area (Å²) in [5.74, 6) is -1.35. The molecule has 1 rings (SSSR count). The minimum Gasteiger partial charge on any atom is -0.464 e. The van der Waals surface area contributed by atoms with Crippen molar-refractivity contribution in [1.29, 1.82) is 0 Å². The van der Waals surface area contributed by atoms with E-state index in [1.807, 2.05) is 30.3 Å². The molecule has 1 N–H and O–H groups in total. The molecule has 0 saturated heterocycles. The van der Waals surface area contributed by atoms with Crippen LogP contribution in [-0.4, -0.2) is 35.6 Å². The predicted molar refractivity (Wildman–Crippen MR) is 86.2 cm³/mol. The highest BCUT2D eigenvalue weighted by Crippen LogP contribution is 2.12. The van der Waals surface area contributed by atoms with Gasteiger partial charge in [0.15, 0.2) is 6.10 Å². The summed E-state index contributed by atoms with van der Waals surface area (Å²) in [5, 5.41) is 9.93. The van der Waals surface area contributed by atoms with Gasteiger partial charge in [-0.15, -0.1) is 0 Å². The maximum absolute atomic E-state index is 11.8. The fraction of sp³-hybridized carbons (Fsp3) is 0.471. The number of hydrogen-bond acceptors (Lipinski definition) is 5. The Hall–Kier alpha value is -2.21. The Bertz CT molecular complexity index is 541. The van der Waals surface area contributed by atoms with Crippen LogP contribution in [0.3, 0.4) is 0 Å². The van der Waals surface area contributed by atoms with Crippen molar-refractivity contribution in [3.05, 3.63) is 35.9 Å². The maximum atomic E-state index is 11.8. The van der Waals surface area contributed by atoms with Gasteiger partial charge < -0.3 is 14.6 Å². The number of hydrogen-bond donors (Lipinski definition) is 1. The van der Waals surface area contributed by atoms with Gasteiger partial charge in [-0.3, -0.25) is 0 Å². The molecule has 23 heavy (non-hydrogen) atoms. The minimum absolute atomic E-state index is 0.120. The summed E-state index contributed by atoms with van der Waals surface area (Å²) in [6, 6.07) is 9.25. The van der Waals surface area contributed by atoms with Gasteiger partial charge in [-0.05, 0) is 18.9 Å². The molecule has 0 aromatic heterocycles. The second kappa shape index (κ2) is 9.74. The van der Waals surface area contributed by atoms with Gasteiger partial charge in [0.25, 0.3) is 0 Å². The first-order valence-electron chi connectivity index (χ1n) is 7.62. The Morgan fingerprint density at radius 2 is 1.83 bits per heavy atom. The van der Waals surface area contributed by atoms with Crippen LogP contribution in [0, 0.1) is 5.92 Å². The Morgan fingerprint density at radius 1 is 1.17 bits per heavy atom. The molecule has 0 radical (unpaired) electrons. The molecule has 0 aliphatic heterocycles. The average molecular weight is 321 g/mol. The van der Waals surface area contributed by atoms with E-state index in [0.29, 0.717) is 12.1 Å². The molecule has 0 spiro atoms. The maximum Gasteiger partial charge on any atom is 0.433 e. The number of amides is 1. The van der Waals surface area contributed by atoms with Crippen molar-refractivity contribution in [2.75, 3.05) is 6.61 Å². The van der Waals surface area contributed by atoms with Gasteiger partial charge in [-0.1, -0.05) is 44.2 Å². The average Bonchev–Trinajstić information content (AvgIpc) is 2.57. The highest BCUT2D eigenvalue weighted by atomic mass is 16.5.